The number of amides is 1. The van der Waals surface area contributed by atoms with Gasteiger partial charge in [0.15, 0.2) is 0 Å². The van der Waals surface area contributed by atoms with Crippen LogP contribution in [-0.4, -0.2) is 24.0 Å². The third-order valence-electron chi connectivity index (χ3n) is 4.21. The number of pyridine rings is 1. The highest BCUT2D eigenvalue weighted by molar-refractivity contribution is 6.04. The van der Waals surface area contributed by atoms with Gasteiger partial charge in [0.25, 0.3) is 5.91 Å². The monoisotopic (exact) mass is 331 g/mol. The fraction of sp³-hybridized carbons (Fsp3) is 0.333. The van der Waals surface area contributed by atoms with Crippen LogP contribution in [-0.2, 0) is 0 Å². The van der Waals surface area contributed by atoms with Crippen LogP contribution in [0.1, 0.15) is 30.1 Å². The zero-order valence-electron chi connectivity index (χ0n) is 13.4. The van der Waals surface area contributed by atoms with Gasteiger partial charge in [0.1, 0.15) is 17.3 Å². The minimum Gasteiger partial charge on any atom is -0.370 e. The number of carbonyl (C=O) groups is 1. The van der Waals surface area contributed by atoms with E-state index in [2.05, 4.69) is 22.1 Å². The Hall–Kier alpha value is -2.50. The standard InChI is InChI=1S/C18H19F2N3O/c1-12-4-3-7-23(11-12)14-8-13(9-21-10-14)18(24)22-17-15(19)5-2-6-16(17)20/h2,5-6,8-10,12H,3-4,7,11H2,1H3,(H,22,24). The van der Waals surface area contributed by atoms with Crippen LogP contribution in [0.25, 0.3) is 0 Å². The first kappa shape index (κ1) is 16.4. The maximum absolute atomic E-state index is 13.7. The molecule has 1 aromatic carbocycles. The smallest absolute Gasteiger partial charge is 0.257 e. The van der Waals surface area contributed by atoms with Gasteiger partial charge in [0, 0.05) is 19.3 Å². The Labute approximate surface area is 139 Å². The lowest BCUT2D eigenvalue weighted by Gasteiger charge is -2.32. The molecule has 2 heterocycles. The lowest BCUT2D eigenvalue weighted by Crippen LogP contribution is -2.34. The number of benzene rings is 1. The maximum atomic E-state index is 13.7. The van der Waals surface area contributed by atoms with E-state index in [0.29, 0.717) is 5.92 Å². The Kier molecular flexibility index (Phi) is 4.74. The highest BCUT2D eigenvalue weighted by Gasteiger charge is 2.19. The van der Waals surface area contributed by atoms with Crippen molar-refractivity contribution in [2.75, 3.05) is 23.3 Å². The Morgan fingerprint density at radius 2 is 2.04 bits per heavy atom. The van der Waals surface area contributed by atoms with Gasteiger partial charge in [0.2, 0.25) is 0 Å². The minimum atomic E-state index is -0.808. The number of hydrogen-bond donors (Lipinski definition) is 1. The van der Waals surface area contributed by atoms with Gasteiger partial charge >= 0.3 is 0 Å². The largest absolute Gasteiger partial charge is 0.370 e. The van der Waals surface area contributed by atoms with Crippen molar-refractivity contribution in [2.45, 2.75) is 19.8 Å². The van der Waals surface area contributed by atoms with E-state index in [9.17, 15) is 13.6 Å². The lowest BCUT2D eigenvalue weighted by molar-refractivity contribution is 0.102. The SMILES string of the molecule is CC1CCCN(c2cncc(C(=O)Nc3c(F)cccc3F)c2)C1. The highest BCUT2D eigenvalue weighted by atomic mass is 19.1. The summed E-state index contributed by atoms with van der Waals surface area (Å²) in [4.78, 5) is 18.6. The van der Waals surface area contributed by atoms with Crippen molar-refractivity contribution in [2.24, 2.45) is 5.92 Å². The van der Waals surface area contributed by atoms with Gasteiger partial charge in [-0.3, -0.25) is 9.78 Å². The summed E-state index contributed by atoms with van der Waals surface area (Å²) in [5.74, 6) is -1.61. The predicted octanol–water partition coefficient (Wildman–Crippen LogP) is 3.85. The summed E-state index contributed by atoms with van der Waals surface area (Å²) in [7, 11) is 0. The van der Waals surface area contributed by atoms with Crippen molar-refractivity contribution < 1.29 is 13.6 Å². The van der Waals surface area contributed by atoms with Crippen molar-refractivity contribution in [1.29, 1.82) is 0 Å². The van der Waals surface area contributed by atoms with E-state index in [1.54, 1.807) is 12.3 Å². The minimum absolute atomic E-state index is 0.272. The molecular formula is C18H19F2N3O. The number of rotatable bonds is 3. The molecule has 1 atom stereocenters. The second-order valence-electron chi connectivity index (χ2n) is 6.18. The first-order chi connectivity index (χ1) is 11.5. The molecule has 2 aromatic rings. The van der Waals surface area contributed by atoms with Crippen molar-refractivity contribution in [3.8, 4) is 0 Å². The van der Waals surface area contributed by atoms with E-state index >= 15 is 0 Å². The van der Waals surface area contributed by atoms with Crippen molar-refractivity contribution in [3.05, 3.63) is 53.9 Å². The summed E-state index contributed by atoms with van der Waals surface area (Å²) in [5.41, 5.74) is 0.677. The summed E-state index contributed by atoms with van der Waals surface area (Å²) in [6.45, 7) is 4.02. The van der Waals surface area contributed by atoms with E-state index in [-0.39, 0.29) is 5.56 Å². The number of piperidine rings is 1. The molecule has 0 radical (unpaired) electrons. The van der Waals surface area contributed by atoms with Crippen molar-refractivity contribution in [1.82, 2.24) is 4.98 Å². The third kappa shape index (κ3) is 3.53. The fourth-order valence-electron chi connectivity index (χ4n) is 2.95. The number of carbonyl (C=O) groups excluding carboxylic acids is 1. The van der Waals surface area contributed by atoms with Gasteiger partial charge < -0.3 is 10.2 Å². The fourth-order valence-corrected chi connectivity index (χ4v) is 2.95. The van der Waals surface area contributed by atoms with Gasteiger partial charge in [0.05, 0.1) is 17.4 Å². The normalized spacial score (nSPS) is 17.6. The molecule has 3 rings (SSSR count). The average Bonchev–Trinajstić information content (AvgIpc) is 2.58. The molecule has 1 amide bonds. The van der Waals surface area contributed by atoms with Crippen LogP contribution in [0.15, 0.2) is 36.7 Å². The Morgan fingerprint density at radius 3 is 2.75 bits per heavy atom. The number of nitrogens with zero attached hydrogens (tertiary/aromatic N) is 2. The highest BCUT2D eigenvalue weighted by Crippen LogP contribution is 2.24. The zero-order chi connectivity index (χ0) is 17.1. The quantitative estimate of drug-likeness (QED) is 0.929. The van der Waals surface area contributed by atoms with E-state index < -0.39 is 23.2 Å². The van der Waals surface area contributed by atoms with Gasteiger partial charge in [-0.1, -0.05) is 13.0 Å². The molecular weight excluding hydrogens is 312 g/mol. The Balaban J connectivity index is 1.79. The van der Waals surface area contributed by atoms with Crippen LogP contribution in [0.3, 0.4) is 0 Å². The molecule has 1 unspecified atom stereocenters. The van der Waals surface area contributed by atoms with Crippen LogP contribution in [0, 0.1) is 17.6 Å². The topological polar surface area (TPSA) is 45.2 Å². The lowest BCUT2D eigenvalue weighted by atomic mass is 10.00. The van der Waals surface area contributed by atoms with Gasteiger partial charge in [-0.2, -0.15) is 0 Å². The molecule has 0 saturated carbocycles. The molecule has 1 aliphatic heterocycles. The van der Waals surface area contributed by atoms with Gasteiger partial charge in [-0.05, 0) is 37.0 Å². The first-order valence-corrected chi connectivity index (χ1v) is 8.00. The zero-order valence-corrected chi connectivity index (χ0v) is 13.4. The van der Waals surface area contributed by atoms with Crippen LogP contribution in [0.2, 0.25) is 0 Å². The number of para-hydroxylation sites is 1. The summed E-state index contributed by atoms with van der Waals surface area (Å²) in [6.07, 6.45) is 5.39. The van der Waals surface area contributed by atoms with Gasteiger partial charge in [-0.25, -0.2) is 8.78 Å². The van der Waals surface area contributed by atoms with E-state index in [0.717, 1.165) is 37.3 Å². The molecule has 4 nitrogen and oxygen atoms in total. The molecule has 0 spiro atoms. The van der Waals surface area contributed by atoms with Crippen LogP contribution in [0.5, 0.6) is 0 Å². The number of hydrogen-bond acceptors (Lipinski definition) is 3. The number of halogens is 2. The Bertz CT molecular complexity index is 731. The summed E-state index contributed by atoms with van der Waals surface area (Å²) >= 11 is 0. The molecule has 24 heavy (non-hydrogen) atoms. The molecule has 1 aromatic heterocycles. The number of aromatic nitrogens is 1. The molecule has 6 heteroatoms. The summed E-state index contributed by atoms with van der Waals surface area (Å²) < 4.78 is 27.3. The second-order valence-corrected chi connectivity index (χ2v) is 6.18. The average molecular weight is 331 g/mol. The van der Waals surface area contributed by atoms with Crippen LogP contribution in [0.4, 0.5) is 20.2 Å². The number of nitrogens with one attached hydrogen (secondary N) is 1. The molecule has 0 aliphatic carbocycles. The molecule has 126 valence electrons. The second kappa shape index (κ2) is 6.95. The van der Waals surface area contributed by atoms with Crippen LogP contribution < -0.4 is 10.2 Å². The third-order valence-corrected chi connectivity index (χ3v) is 4.21. The summed E-state index contributed by atoms with van der Waals surface area (Å²) in [6, 6.07) is 5.16. The van der Waals surface area contributed by atoms with Crippen molar-refractivity contribution >= 4 is 17.3 Å². The van der Waals surface area contributed by atoms with Crippen LogP contribution >= 0.6 is 0 Å². The summed E-state index contributed by atoms with van der Waals surface area (Å²) in [5, 5.41) is 2.29. The van der Waals surface area contributed by atoms with E-state index in [1.165, 1.54) is 18.7 Å². The first-order valence-electron chi connectivity index (χ1n) is 8.00. The molecule has 0 bridgehead atoms. The molecule has 1 N–H and O–H groups in total. The predicted molar refractivity (Wildman–Crippen MR) is 89.2 cm³/mol. The van der Waals surface area contributed by atoms with E-state index in [1.807, 2.05) is 0 Å². The van der Waals surface area contributed by atoms with Crippen molar-refractivity contribution in [3.63, 3.8) is 0 Å². The van der Waals surface area contributed by atoms with Gasteiger partial charge in [-0.15, -0.1) is 0 Å². The molecule has 1 saturated heterocycles. The number of anilines is 2. The van der Waals surface area contributed by atoms with E-state index in [4.69, 9.17) is 0 Å². The molecule has 1 fully saturated rings. The Morgan fingerprint density at radius 1 is 1.29 bits per heavy atom. The maximum Gasteiger partial charge on any atom is 0.257 e. The molecule has 1 aliphatic rings.